The molecule has 53 valence electrons. The molecule has 1 rings (SSSR count). The average Bonchev–Trinajstić information content (AvgIpc) is 1.88. The second-order valence-electron chi connectivity index (χ2n) is 1.65. The Morgan fingerprint density at radius 1 is 1.80 bits per heavy atom. The van der Waals surface area contributed by atoms with E-state index < -0.39 is 5.95 Å². The molecule has 1 heterocycles. The van der Waals surface area contributed by atoms with Crippen LogP contribution in [0, 0.1) is 12.0 Å². The standard InChI is InChI=1S/C7H7FNO/c1-2-10-7-5-3-4-6(8)9-7/h3-4H,2H2,1H3. The summed E-state index contributed by atoms with van der Waals surface area (Å²) in [4.78, 5) is 3.42. The Morgan fingerprint density at radius 3 is 3.20 bits per heavy atom. The zero-order chi connectivity index (χ0) is 7.40. The first kappa shape index (κ1) is 6.99. The van der Waals surface area contributed by atoms with Crippen molar-refractivity contribution in [2.24, 2.45) is 0 Å². The topological polar surface area (TPSA) is 22.1 Å². The second-order valence-corrected chi connectivity index (χ2v) is 1.65. The van der Waals surface area contributed by atoms with Gasteiger partial charge in [-0.25, -0.2) is 0 Å². The van der Waals surface area contributed by atoms with Crippen LogP contribution < -0.4 is 4.74 Å². The number of aromatic nitrogens is 1. The van der Waals surface area contributed by atoms with Gasteiger partial charge in [0.1, 0.15) is 0 Å². The first-order chi connectivity index (χ1) is 4.83. The molecule has 0 aliphatic carbocycles. The van der Waals surface area contributed by atoms with Gasteiger partial charge in [-0.15, -0.1) is 0 Å². The van der Waals surface area contributed by atoms with Gasteiger partial charge in [0.15, 0.2) is 0 Å². The quantitative estimate of drug-likeness (QED) is 0.579. The van der Waals surface area contributed by atoms with E-state index in [1.54, 1.807) is 6.92 Å². The van der Waals surface area contributed by atoms with Crippen molar-refractivity contribution in [1.29, 1.82) is 0 Å². The van der Waals surface area contributed by atoms with E-state index in [0.29, 0.717) is 6.61 Å². The van der Waals surface area contributed by atoms with Gasteiger partial charge in [0.25, 0.3) is 0 Å². The zero-order valence-electron chi connectivity index (χ0n) is 5.60. The Bertz CT molecular complexity index is 215. The van der Waals surface area contributed by atoms with E-state index in [1.165, 1.54) is 12.1 Å². The van der Waals surface area contributed by atoms with Crippen LogP contribution in [-0.4, -0.2) is 11.6 Å². The molecule has 1 aromatic heterocycles. The van der Waals surface area contributed by atoms with Gasteiger partial charge >= 0.3 is 0 Å². The Hall–Kier alpha value is -1.12. The van der Waals surface area contributed by atoms with Gasteiger partial charge in [0.2, 0.25) is 11.8 Å². The molecule has 0 aromatic carbocycles. The van der Waals surface area contributed by atoms with Crippen molar-refractivity contribution >= 4 is 0 Å². The number of ether oxygens (including phenoxy) is 1. The molecule has 0 aliphatic heterocycles. The minimum atomic E-state index is -0.540. The molecular formula is C7H7FNO. The van der Waals surface area contributed by atoms with E-state index in [4.69, 9.17) is 4.74 Å². The largest absolute Gasteiger partial charge is 0.477 e. The summed E-state index contributed by atoms with van der Waals surface area (Å²) in [7, 11) is 0. The zero-order valence-corrected chi connectivity index (χ0v) is 5.60. The fraction of sp³-hybridized carbons (Fsp3) is 0.286. The highest BCUT2D eigenvalue weighted by molar-refractivity contribution is 5.07. The number of nitrogens with zero attached hydrogens (tertiary/aromatic N) is 1. The molecule has 1 aromatic rings. The molecule has 0 N–H and O–H groups in total. The van der Waals surface area contributed by atoms with E-state index >= 15 is 0 Å². The Morgan fingerprint density at radius 2 is 2.60 bits per heavy atom. The van der Waals surface area contributed by atoms with E-state index in [-0.39, 0.29) is 5.88 Å². The summed E-state index contributed by atoms with van der Waals surface area (Å²) < 4.78 is 17.2. The maximum absolute atomic E-state index is 12.3. The van der Waals surface area contributed by atoms with Crippen LogP contribution in [0.15, 0.2) is 12.1 Å². The predicted molar refractivity (Wildman–Crippen MR) is 34.2 cm³/mol. The van der Waals surface area contributed by atoms with Crippen molar-refractivity contribution in [3.05, 3.63) is 24.1 Å². The molecule has 0 saturated heterocycles. The van der Waals surface area contributed by atoms with Crippen LogP contribution in [0.5, 0.6) is 5.88 Å². The average molecular weight is 140 g/mol. The minimum absolute atomic E-state index is 0.211. The van der Waals surface area contributed by atoms with E-state index in [9.17, 15) is 4.39 Å². The number of hydrogen-bond acceptors (Lipinski definition) is 2. The van der Waals surface area contributed by atoms with Crippen LogP contribution in [0.2, 0.25) is 0 Å². The maximum Gasteiger partial charge on any atom is 0.224 e. The van der Waals surface area contributed by atoms with E-state index in [0.717, 1.165) is 0 Å². The summed E-state index contributed by atoms with van der Waals surface area (Å²) in [5, 5.41) is 0. The molecule has 3 heteroatoms. The highest BCUT2D eigenvalue weighted by Gasteiger charge is 1.94. The molecule has 10 heavy (non-hydrogen) atoms. The molecule has 0 fully saturated rings. The summed E-state index contributed by atoms with van der Waals surface area (Å²) in [5.41, 5.74) is 0. The van der Waals surface area contributed by atoms with Crippen molar-refractivity contribution in [1.82, 2.24) is 4.98 Å². The molecule has 0 amide bonds. The fourth-order valence-corrected chi connectivity index (χ4v) is 0.559. The SMILES string of the molecule is CCOc1[c]ccc(F)n1. The molecule has 2 nitrogen and oxygen atoms in total. The number of hydrogen-bond donors (Lipinski definition) is 0. The van der Waals surface area contributed by atoms with Crippen molar-refractivity contribution < 1.29 is 9.13 Å². The normalized spacial score (nSPS) is 9.40. The molecule has 0 atom stereocenters. The number of pyridine rings is 1. The Balaban J connectivity index is 2.75. The lowest BCUT2D eigenvalue weighted by atomic mass is 10.5. The van der Waals surface area contributed by atoms with E-state index in [2.05, 4.69) is 11.1 Å². The van der Waals surface area contributed by atoms with Crippen molar-refractivity contribution in [3.63, 3.8) is 0 Å². The van der Waals surface area contributed by atoms with Crippen LogP contribution in [0.25, 0.3) is 0 Å². The highest BCUT2D eigenvalue weighted by atomic mass is 19.1. The third kappa shape index (κ3) is 1.69. The van der Waals surface area contributed by atoms with Crippen LogP contribution in [0.4, 0.5) is 4.39 Å². The van der Waals surface area contributed by atoms with Crippen LogP contribution in [0.3, 0.4) is 0 Å². The Kier molecular flexibility index (Phi) is 2.20. The summed E-state index contributed by atoms with van der Waals surface area (Å²) >= 11 is 0. The van der Waals surface area contributed by atoms with Crippen LogP contribution >= 0.6 is 0 Å². The first-order valence-corrected chi connectivity index (χ1v) is 3.00. The van der Waals surface area contributed by atoms with Gasteiger partial charge < -0.3 is 4.74 Å². The summed E-state index contributed by atoms with van der Waals surface area (Å²) in [6, 6.07) is 5.30. The van der Waals surface area contributed by atoms with Gasteiger partial charge in [-0.3, -0.25) is 0 Å². The smallest absolute Gasteiger partial charge is 0.224 e. The third-order valence-corrected chi connectivity index (χ3v) is 0.917. The molecular weight excluding hydrogens is 133 g/mol. The number of halogens is 1. The molecule has 0 aliphatic rings. The molecule has 0 unspecified atom stereocenters. The van der Waals surface area contributed by atoms with Gasteiger partial charge in [-0.05, 0) is 19.1 Å². The van der Waals surface area contributed by atoms with Gasteiger partial charge in [0.05, 0.1) is 6.61 Å². The van der Waals surface area contributed by atoms with Gasteiger partial charge in [-0.2, -0.15) is 9.37 Å². The molecule has 0 bridgehead atoms. The first-order valence-electron chi connectivity index (χ1n) is 3.00. The van der Waals surface area contributed by atoms with Crippen LogP contribution in [-0.2, 0) is 0 Å². The number of rotatable bonds is 2. The van der Waals surface area contributed by atoms with Gasteiger partial charge in [-0.1, -0.05) is 0 Å². The molecule has 1 radical (unpaired) electrons. The summed E-state index contributed by atoms with van der Waals surface area (Å²) in [5.74, 6) is -0.329. The Labute approximate surface area is 58.7 Å². The lowest BCUT2D eigenvalue weighted by molar-refractivity contribution is 0.320. The fourth-order valence-electron chi connectivity index (χ4n) is 0.559. The lowest BCUT2D eigenvalue weighted by Crippen LogP contribution is -1.95. The summed E-state index contributed by atoms with van der Waals surface area (Å²) in [6.45, 7) is 2.29. The predicted octanol–water partition coefficient (Wildman–Crippen LogP) is 1.42. The second kappa shape index (κ2) is 3.15. The summed E-state index contributed by atoms with van der Waals surface area (Å²) in [6.07, 6.45) is 0. The van der Waals surface area contributed by atoms with Gasteiger partial charge in [0, 0.05) is 6.07 Å². The van der Waals surface area contributed by atoms with Crippen molar-refractivity contribution in [2.45, 2.75) is 6.92 Å². The minimum Gasteiger partial charge on any atom is -0.477 e. The van der Waals surface area contributed by atoms with Crippen molar-refractivity contribution in [3.8, 4) is 5.88 Å². The molecule has 0 saturated carbocycles. The highest BCUT2D eigenvalue weighted by Crippen LogP contribution is 2.04. The maximum atomic E-state index is 12.3. The third-order valence-electron chi connectivity index (χ3n) is 0.917. The lowest BCUT2D eigenvalue weighted by Gasteiger charge is -1.98. The monoisotopic (exact) mass is 140 g/mol. The van der Waals surface area contributed by atoms with Crippen molar-refractivity contribution in [2.75, 3.05) is 6.61 Å². The van der Waals surface area contributed by atoms with Crippen LogP contribution in [0.1, 0.15) is 6.92 Å². The molecule has 0 spiro atoms. The van der Waals surface area contributed by atoms with E-state index in [1.807, 2.05) is 0 Å².